The third-order valence-corrected chi connectivity index (χ3v) is 4.05. The van der Waals surface area contributed by atoms with Crippen LogP contribution in [0.25, 0.3) is 0 Å². The fourth-order valence-corrected chi connectivity index (χ4v) is 2.50. The first-order valence-electron chi connectivity index (χ1n) is 8.61. The van der Waals surface area contributed by atoms with E-state index < -0.39 is 0 Å². The Labute approximate surface area is 143 Å². The van der Waals surface area contributed by atoms with Crippen LogP contribution in [0.2, 0.25) is 0 Å². The monoisotopic (exact) mass is 326 g/mol. The standard InChI is InChI=1S/C18H26N6/c1-24(2)12-11-21-18-22-16(15-3-4-15)13-17(23-18)20-10-7-14-5-8-19-9-6-14/h5-6,8-9,13,15H,3-4,7,10-12H2,1-2H3,(H2,20,21,22,23). The van der Waals surface area contributed by atoms with Crippen molar-refractivity contribution in [2.75, 3.05) is 44.4 Å². The summed E-state index contributed by atoms with van der Waals surface area (Å²) in [6.07, 6.45) is 7.10. The van der Waals surface area contributed by atoms with Gasteiger partial charge in [0.2, 0.25) is 5.95 Å². The number of anilines is 2. The van der Waals surface area contributed by atoms with Gasteiger partial charge in [-0.1, -0.05) is 0 Å². The van der Waals surface area contributed by atoms with Gasteiger partial charge >= 0.3 is 0 Å². The van der Waals surface area contributed by atoms with Crippen LogP contribution in [0.5, 0.6) is 0 Å². The lowest BCUT2D eigenvalue weighted by molar-refractivity contribution is 0.425. The number of rotatable bonds is 9. The zero-order valence-electron chi connectivity index (χ0n) is 14.5. The summed E-state index contributed by atoms with van der Waals surface area (Å²) in [6.45, 7) is 2.65. The molecule has 1 aliphatic carbocycles. The van der Waals surface area contributed by atoms with Gasteiger partial charge in [-0.05, 0) is 51.1 Å². The van der Waals surface area contributed by atoms with Gasteiger partial charge in [-0.2, -0.15) is 4.98 Å². The number of nitrogens with zero attached hydrogens (tertiary/aromatic N) is 4. The zero-order valence-corrected chi connectivity index (χ0v) is 14.5. The second-order valence-electron chi connectivity index (χ2n) is 6.54. The van der Waals surface area contributed by atoms with Crippen LogP contribution < -0.4 is 10.6 Å². The number of likely N-dealkylation sites (N-methyl/N-ethyl adjacent to an activating group) is 1. The molecule has 0 saturated heterocycles. The first kappa shape index (κ1) is 16.6. The van der Waals surface area contributed by atoms with E-state index in [0.29, 0.717) is 5.92 Å². The second kappa shape index (κ2) is 8.06. The minimum atomic E-state index is 0.614. The summed E-state index contributed by atoms with van der Waals surface area (Å²) in [5, 5.41) is 6.77. The summed E-state index contributed by atoms with van der Waals surface area (Å²) in [7, 11) is 4.13. The Hall–Kier alpha value is -2.21. The largest absolute Gasteiger partial charge is 0.370 e. The topological polar surface area (TPSA) is 66.0 Å². The van der Waals surface area contributed by atoms with E-state index in [1.165, 1.54) is 18.4 Å². The third-order valence-electron chi connectivity index (χ3n) is 4.05. The second-order valence-corrected chi connectivity index (χ2v) is 6.54. The van der Waals surface area contributed by atoms with E-state index in [2.05, 4.69) is 50.6 Å². The van der Waals surface area contributed by atoms with Crippen molar-refractivity contribution in [3.05, 3.63) is 41.9 Å². The molecule has 0 spiro atoms. The van der Waals surface area contributed by atoms with Gasteiger partial charge in [-0.3, -0.25) is 4.98 Å². The molecule has 2 aromatic rings. The molecule has 6 heteroatoms. The minimum Gasteiger partial charge on any atom is -0.370 e. The predicted molar refractivity (Wildman–Crippen MR) is 97.5 cm³/mol. The number of hydrogen-bond donors (Lipinski definition) is 2. The molecule has 24 heavy (non-hydrogen) atoms. The van der Waals surface area contributed by atoms with E-state index >= 15 is 0 Å². The number of nitrogens with one attached hydrogen (secondary N) is 2. The van der Waals surface area contributed by atoms with Crippen molar-refractivity contribution in [3.8, 4) is 0 Å². The molecule has 3 rings (SSSR count). The highest BCUT2D eigenvalue weighted by Crippen LogP contribution is 2.39. The highest BCUT2D eigenvalue weighted by molar-refractivity contribution is 5.44. The van der Waals surface area contributed by atoms with Crippen molar-refractivity contribution in [2.45, 2.75) is 25.2 Å². The molecule has 0 atom stereocenters. The summed E-state index contributed by atoms with van der Waals surface area (Å²) in [4.78, 5) is 15.5. The molecule has 0 amide bonds. The van der Waals surface area contributed by atoms with E-state index in [4.69, 9.17) is 0 Å². The first-order valence-corrected chi connectivity index (χ1v) is 8.61. The Bertz CT molecular complexity index is 639. The highest BCUT2D eigenvalue weighted by Gasteiger charge is 2.26. The van der Waals surface area contributed by atoms with Gasteiger partial charge in [0, 0.05) is 44.0 Å². The molecule has 2 N–H and O–H groups in total. The average molecular weight is 326 g/mol. The Kier molecular flexibility index (Phi) is 5.59. The van der Waals surface area contributed by atoms with Crippen LogP contribution in [0.4, 0.5) is 11.8 Å². The summed E-state index contributed by atoms with van der Waals surface area (Å²) in [6, 6.07) is 6.19. The number of hydrogen-bond acceptors (Lipinski definition) is 6. The maximum atomic E-state index is 4.67. The SMILES string of the molecule is CN(C)CCNc1nc(NCCc2ccncc2)cc(C2CC2)n1. The Balaban J connectivity index is 1.59. The summed E-state index contributed by atoms with van der Waals surface area (Å²) < 4.78 is 0. The molecular formula is C18H26N6. The molecule has 0 aromatic carbocycles. The van der Waals surface area contributed by atoms with Gasteiger partial charge < -0.3 is 15.5 Å². The lowest BCUT2D eigenvalue weighted by Crippen LogP contribution is -2.22. The molecule has 2 heterocycles. The minimum absolute atomic E-state index is 0.614. The summed E-state index contributed by atoms with van der Waals surface area (Å²) in [5.41, 5.74) is 2.43. The van der Waals surface area contributed by atoms with Crippen molar-refractivity contribution in [1.29, 1.82) is 0 Å². The number of aromatic nitrogens is 3. The van der Waals surface area contributed by atoms with Crippen LogP contribution in [0.15, 0.2) is 30.6 Å². The maximum Gasteiger partial charge on any atom is 0.224 e. The van der Waals surface area contributed by atoms with Gasteiger partial charge in [-0.15, -0.1) is 0 Å². The summed E-state index contributed by atoms with van der Waals surface area (Å²) in [5.74, 6) is 2.25. The molecular weight excluding hydrogens is 300 g/mol. The van der Waals surface area contributed by atoms with Crippen LogP contribution in [0.3, 0.4) is 0 Å². The molecule has 1 aliphatic rings. The molecule has 1 saturated carbocycles. The van der Waals surface area contributed by atoms with E-state index in [1.807, 2.05) is 24.5 Å². The fourth-order valence-electron chi connectivity index (χ4n) is 2.50. The highest BCUT2D eigenvalue weighted by atomic mass is 15.2. The smallest absolute Gasteiger partial charge is 0.224 e. The van der Waals surface area contributed by atoms with E-state index in [-0.39, 0.29) is 0 Å². The van der Waals surface area contributed by atoms with Gasteiger partial charge in [0.25, 0.3) is 0 Å². The van der Waals surface area contributed by atoms with Gasteiger partial charge in [-0.25, -0.2) is 4.98 Å². The molecule has 0 radical (unpaired) electrons. The van der Waals surface area contributed by atoms with E-state index in [9.17, 15) is 0 Å². The van der Waals surface area contributed by atoms with E-state index in [1.54, 1.807) is 0 Å². The van der Waals surface area contributed by atoms with Crippen molar-refractivity contribution in [1.82, 2.24) is 19.9 Å². The molecule has 2 aromatic heterocycles. The average Bonchev–Trinajstić information content (AvgIpc) is 3.40. The van der Waals surface area contributed by atoms with Crippen molar-refractivity contribution < 1.29 is 0 Å². The van der Waals surface area contributed by atoms with Gasteiger partial charge in [0.15, 0.2) is 0 Å². The first-order chi connectivity index (χ1) is 11.7. The Morgan fingerprint density at radius 3 is 2.58 bits per heavy atom. The lowest BCUT2D eigenvalue weighted by atomic mass is 10.2. The van der Waals surface area contributed by atoms with Gasteiger partial charge in [0.05, 0.1) is 5.69 Å². The van der Waals surface area contributed by atoms with Gasteiger partial charge in [0.1, 0.15) is 5.82 Å². The fraction of sp³-hybridized carbons (Fsp3) is 0.500. The molecule has 1 fully saturated rings. The van der Waals surface area contributed by atoms with Crippen molar-refractivity contribution >= 4 is 11.8 Å². The maximum absolute atomic E-state index is 4.67. The van der Waals surface area contributed by atoms with Crippen LogP contribution in [-0.4, -0.2) is 53.6 Å². The third kappa shape index (κ3) is 5.16. The summed E-state index contributed by atoms with van der Waals surface area (Å²) >= 11 is 0. The normalized spacial score (nSPS) is 14.0. The molecule has 0 unspecified atom stereocenters. The molecule has 0 bridgehead atoms. The van der Waals surface area contributed by atoms with Crippen LogP contribution in [-0.2, 0) is 6.42 Å². The van der Waals surface area contributed by atoms with Crippen molar-refractivity contribution in [2.24, 2.45) is 0 Å². The Morgan fingerprint density at radius 2 is 1.88 bits per heavy atom. The number of pyridine rings is 1. The molecule has 128 valence electrons. The Morgan fingerprint density at radius 1 is 1.08 bits per heavy atom. The van der Waals surface area contributed by atoms with Crippen LogP contribution in [0.1, 0.15) is 30.0 Å². The zero-order chi connectivity index (χ0) is 16.8. The van der Waals surface area contributed by atoms with Crippen LogP contribution in [0, 0.1) is 0 Å². The van der Waals surface area contributed by atoms with Crippen LogP contribution >= 0.6 is 0 Å². The molecule has 0 aliphatic heterocycles. The predicted octanol–water partition coefficient (Wildman–Crippen LogP) is 2.38. The lowest BCUT2D eigenvalue weighted by Gasteiger charge is -2.13. The molecule has 6 nitrogen and oxygen atoms in total. The van der Waals surface area contributed by atoms with Crippen molar-refractivity contribution in [3.63, 3.8) is 0 Å². The quantitative estimate of drug-likeness (QED) is 0.737. The van der Waals surface area contributed by atoms with E-state index in [0.717, 1.165) is 43.5 Å².